The van der Waals surface area contributed by atoms with Crippen LogP contribution in [0.15, 0.2) is 18.3 Å². The quantitative estimate of drug-likeness (QED) is 0.705. The Hall–Kier alpha value is -1.33. The predicted octanol–water partition coefficient (Wildman–Crippen LogP) is 1.67. The Labute approximate surface area is 79.4 Å². The summed E-state index contributed by atoms with van der Waals surface area (Å²) in [5.41, 5.74) is 2.22. The maximum absolute atomic E-state index is 5.28. The molecule has 13 heavy (non-hydrogen) atoms. The molecular formula is C11H14N2. The van der Waals surface area contributed by atoms with Gasteiger partial charge in [0.15, 0.2) is 0 Å². The van der Waals surface area contributed by atoms with E-state index in [1.165, 1.54) is 5.56 Å². The number of nitrogens with zero attached hydrogens (tertiary/aromatic N) is 1. The number of hydrogen-bond donors (Lipinski definition) is 1. The molecule has 0 aromatic carbocycles. The highest BCUT2D eigenvalue weighted by atomic mass is 14.9. The van der Waals surface area contributed by atoms with Crippen LogP contribution in [-0.4, -0.2) is 12.0 Å². The molecule has 68 valence electrons. The van der Waals surface area contributed by atoms with E-state index in [9.17, 15) is 0 Å². The molecule has 0 aliphatic heterocycles. The Morgan fingerprint density at radius 3 is 3.00 bits per heavy atom. The summed E-state index contributed by atoms with van der Waals surface area (Å²) >= 11 is 0. The van der Waals surface area contributed by atoms with Gasteiger partial charge in [-0.1, -0.05) is 6.07 Å². The molecule has 0 bridgehead atoms. The second-order valence-corrected chi connectivity index (χ2v) is 2.93. The van der Waals surface area contributed by atoms with Crippen molar-refractivity contribution in [3.8, 4) is 12.3 Å². The van der Waals surface area contributed by atoms with Gasteiger partial charge in [-0.2, -0.15) is 0 Å². The lowest BCUT2D eigenvalue weighted by Gasteiger charge is -2.14. The highest BCUT2D eigenvalue weighted by Gasteiger charge is 2.09. The van der Waals surface area contributed by atoms with Crippen molar-refractivity contribution in [3.05, 3.63) is 29.6 Å². The molecule has 2 nitrogen and oxygen atoms in total. The Morgan fingerprint density at radius 2 is 2.46 bits per heavy atom. The molecule has 0 aliphatic rings. The maximum Gasteiger partial charge on any atom is 0.0446 e. The van der Waals surface area contributed by atoms with Crippen LogP contribution in [-0.2, 0) is 0 Å². The Kier molecular flexibility index (Phi) is 3.48. The molecule has 1 aromatic rings. The first-order valence-electron chi connectivity index (χ1n) is 4.31. The zero-order valence-corrected chi connectivity index (χ0v) is 8.04. The van der Waals surface area contributed by atoms with Crippen molar-refractivity contribution in [1.82, 2.24) is 10.3 Å². The van der Waals surface area contributed by atoms with Crippen molar-refractivity contribution in [2.45, 2.75) is 19.4 Å². The molecule has 0 spiro atoms. The van der Waals surface area contributed by atoms with E-state index in [0.29, 0.717) is 6.42 Å². The van der Waals surface area contributed by atoms with Crippen molar-refractivity contribution < 1.29 is 0 Å². The molecule has 1 atom stereocenters. The molecule has 1 unspecified atom stereocenters. The summed E-state index contributed by atoms with van der Waals surface area (Å²) in [7, 11) is 1.91. The van der Waals surface area contributed by atoms with Gasteiger partial charge in [-0.25, -0.2) is 0 Å². The van der Waals surface area contributed by atoms with Gasteiger partial charge in [0, 0.05) is 24.4 Å². The second kappa shape index (κ2) is 4.64. The average molecular weight is 174 g/mol. The Balaban J connectivity index is 2.92. The molecule has 1 heterocycles. The monoisotopic (exact) mass is 174 g/mol. The van der Waals surface area contributed by atoms with Crippen LogP contribution in [0, 0.1) is 19.3 Å². The normalized spacial score (nSPS) is 12.1. The zero-order valence-electron chi connectivity index (χ0n) is 8.04. The zero-order chi connectivity index (χ0) is 9.68. The van der Waals surface area contributed by atoms with Gasteiger partial charge in [0.05, 0.1) is 0 Å². The fraction of sp³-hybridized carbons (Fsp3) is 0.364. The molecule has 0 amide bonds. The summed E-state index contributed by atoms with van der Waals surface area (Å²) in [6.07, 6.45) is 7.77. The van der Waals surface area contributed by atoms with Crippen LogP contribution >= 0.6 is 0 Å². The third-order valence-corrected chi connectivity index (χ3v) is 2.09. The molecule has 0 radical (unpaired) electrons. The van der Waals surface area contributed by atoms with E-state index in [0.717, 1.165) is 5.69 Å². The summed E-state index contributed by atoms with van der Waals surface area (Å²) in [4.78, 5) is 4.22. The van der Waals surface area contributed by atoms with E-state index in [1.807, 2.05) is 20.0 Å². The molecule has 0 saturated carbocycles. The highest BCUT2D eigenvalue weighted by molar-refractivity contribution is 5.23. The minimum Gasteiger partial charge on any atom is -0.312 e. The number of hydrogen-bond acceptors (Lipinski definition) is 2. The van der Waals surface area contributed by atoms with Gasteiger partial charge in [0.1, 0.15) is 0 Å². The van der Waals surface area contributed by atoms with E-state index in [4.69, 9.17) is 6.42 Å². The first-order valence-corrected chi connectivity index (χ1v) is 4.31. The van der Waals surface area contributed by atoms with Crippen LogP contribution in [0.5, 0.6) is 0 Å². The third kappa shape index (κ3) is 2.30. The third-order valence-electron chi connectivity index (χ3n) is 2.09. The summed E-state index contributed by atoms with van der Waals surface area (Å²) in [5.74, 6) is 2.65. The number of pyridine rings is 1. The van der Waals surface area contributed by atoms with Crippen molar-refractivity contribution in [2.75, 3.05) is 7.05 Å². The molecule has 2 heteroatoms. The van der Waals surface area contributed by atoms with Crippen LogP contribution in [0.2, 0.25) is 0 Å². The van der Waals surface area contributed by atoms with Crippen molar-refractivity contribution in [3.63, 3.8) is 0 Å². The van der Waals surface area contributed by atoms with Gasteiger partial charge < -0.3 is 5.32 Å². The summed E-state index contributed by atoms with van der Waals surface area (Å²) in [6.45, 7) is 2.00. The Bertz CT molecular complexity index is 312. The van der Waals surface area contributed by atoms with E-state index in [2.05, 4.69) is 22.3 Å². The van der Waals surface area contributed by atoms with Crippen LogP contribution in [0.3, 0.4) is 0 Å². The van der Waals surface area contributed by atoms with Crippen LogP contribution in [0.25, 0.3) is 0 Å². The number of rotatable bonds is 3. The van der Waals surface area contributed by atoms with Crippen LogP contribution in [0.4, 0.5) is 0 Å². The average Bonchev–Trinajstić information content (AvgIpc) is 2.16. The second-order valence-electron chi connectivity index (χ2n) is 2.93. The molecule has 0 fully saturated rings. The van der Waals surface area contributed by atoms with Crippen LogP contribution < -0.4 is 5.32 Å². The molecule has 1 aromatic heterocycles. The number of terminal acetylenes is 1. The van der Waals surface area contributed by atoms with Gasteiger partial charge in [0.2, 0.25) is 0 Å². The summed E-state index contributed by atoms with van der Waals surface area (Å²) < 4.78 is 0. The lowest BCUT2D eigenvalue weighted by Crippen LogP contribution is -2.17. The van der Waals surface area contributed by atoms with E-state index in [1.54, 1.807) is 6.20 Å². The largest absolute Gasteiger partial charge is 0.312 e. The van der Waals surface area contributed by atoms with Gasteiger partial charge in [0.25, 0.3) is 0 Å². The van der Waals surface area contributed by atoms with Gasteiger partial charge in [-0.3, -0.25) is 4.98 Å². The fourth-order valence-electron chi connectivity index (χ4n) is 1.35. The lowest BCUT2D eigenvalue weighted by molar-refractivity contribution is 0.605. The Morgan fingerprint density at radius 1 is 1.69 bits per heavy atom. The van der Waals surface area contributed by atoms with Crippen molar-refractivity contribution in [1.29, 1.82) is 0 Å². The fourth-order valence-corrected chi connectivity index (χ4v) is 1.35. The number of aromatic nitrogens is 1. The van der Waals surface area contributed by atoms with E-state index < -0.39 is 0 Å². The van der Waals surface area contributed by atoms with Gasteiger partial charge >= 0.3 is 0 Å². The molecule has 0 saturated heterocycles. The summed E-state index contributed by atoms with van der Waals surface area (Å²) in [6, 6.07) is 4.21. The molecule has 1 rings (SSSR count). The lowest BCUT2D eigenvalue weighted by atomic mass is 10.0. The highest BCUT2D eigenvalue weighted by Crippen LogP contribution is 2.17. The minimum absolute atomic E-state index is 0.221. The van der Waals surface area contributed by atoms with E-state index in [-0.39, 0.29) is 6.04 Å². The maximum atomic E-state index is 5.28. The van der Waals surface area contributed by atoms with Crippen molar-refractivity contribution >= 4 is 0 Å². The van der Waals surface area contributed by atoms with Crippen molar-refractivity contribution in [2.24, 2.45) is 0 Å². The smallest absolute Gasteiger partial charge is 0.0446 e. The SMILES string of the molecule is C#CCC(NC)c1cccnc1C. The predicted molar refractivity (Wildman–Crippen MR) is 54.2 cm³/mol. The molecule has 0 aliphatic carbocycles. The standard InChI is InChI=1S/C11H14N2/c1-4-6-11(12-3)10-7-5-8-13-9(10)2/h1,5,7-8,11-12H,6H2,2-3H3. The first-order chi connectivity index (χ1) is 6.29. The minimum atomic E-state index is 0.221. The molecular weight excluding hydrogens is 160 g/mol. The van der Waals surface area contributed by atoms with Gasteiger partial charge in [-0.05, 0) is 25.6 Å². The first kappa shape index (κ1) is 9.76. The van der Waals surface area contributed by atoms with Crippen LogP contribution in [0.1, 0.15) is 23.7 Å². The topological polar surface area (TPSA) is 24.9 Å². The molecule has 1 N–H and O–H groups in total. The van der Waals surface area contributed by atoms with E-state index >= 15 is 0 Å². The summed E-state index contributed by atoms with van der Waals surface area (Å²) in [5, 5.41) is 3.18. The van der Waals surface area contributed by atoms with Gasteiger partial charge in [-0.15, -0.1) is 12.3 Å². The number of aryl methyl sites for hydroxylation is 1. The number of nitrogens with one attached hydrogen (secondary N) is 1.